The summed E-state index contributed by atoms with van der Waals surface area (Å²) in [4.78, 5) is 0. The fraction of sp³-hybridized carbons (Fsp3) is 1.00. The van der Waals surface area contributed by atoms with Crippen LogP contribution in [-0.2, 0) is 17.7 Å². The molecule has 0 aliphatic heterocycles. The third-order valence-corrected chi connectivity index (χ3v) is 10.4. The lowest BCUT2D eigenvalue weighted by molar-refractivity contribution is 0.0341. The topological polar surface area (TPSA) is 36.9 Å². The third-order valence-electron chi connectivity index (χ3n) is 2.41. The lowest BCUT2D eigenvalue weighted by Gasteiger charge is -2.35. The summed E-state index contributed by atoms with van der Waals surface area (Å²) < 4.78 is 24.2. The molecule has 0 saturated carbocycles. The van der Waals surface area contributed by atoms with Crippen molar-refractivity contribution >= 4 is 17.8 Å². The van der Waals surface area contributed by atoms with E-state index < -0.39 is 17.8 Å². The molecule has 122 valence electrons. The zero-order valence-electron chi connectivity index (χ0n) is 14.8. The maximum absolute atomic E-state index is 6.19. The molecule has 20 heavy (non-hydrogen) atoms. The Hall–Kier alpha value is 0.274. The van der Waals surface area contributed by atoms with Crippen LogP contribution in [0.3, 0.4) is 0 Å². The first-order valence-corrected chi connectivity index (χ1v) is 11.8. The van der Waals surface area contributed by atoms with Crippen LogP contribution in [-0.4, -0.2) is 42.3 Å². The first-order chi connectivity index (χ1) is 8.91. The second-order valence-corrected chi connectivity index (χ2v) is 12.9. The van der Waals surface area contributed by atoms with E-state index in [1.807, 2.05) is 13.8 Å². The largest absolute Gasteiger partial charge is 0.395 e. The van der Waals surface area contributed by atoms with Gasteiger partial charge in [0.2, 0.25) is 0 Å². The van der Waals surface area contributed by atoms with E-state index in [-0.39, 0.29) is 11.2 Å². The molecule has 0 rings (SSSR count). The summed E-state index contributed by atoms with van der Waals surface area (Å²) in [5.41, 5.74) is 0.412. The van der Waals surface area contributed by atoms with E-state index in [4.69, 9.17) is 17.7 Å². The molecular formula is C14H34O4Si2. The van der Waals surface area contributed by atoms with Crippen LogP contribution in [0.5, 0.6) is 0 Å². The highest BCUT2D eigenvalue weighted by Gasteiger charge is 2.39. The van der Waals surface area contributed by atoms with Crippen LogP contribution in [0.15, 0.2) is 0 Å². The summed E-state index contributed by atoms with van der Waals surface area (Å²) in [7, 11) is -4.06. The van der Waals surface area contributed by atoms with Crippen LogP contribution in [0, 0.1) is 0 Å². The van der Waals surface area contributed by atoms with E-state index in [1.54, 1.807) is 0 Å². The maximum Gasteiger partial charge on any atom is 0.336 e. The lowest BCUT2D eigenvalue weighted by atomic mass is 10.2. The van der Waals surface area contributed by atoms with E-state index in [0.717, 1.165) is 5.67 Å². The standard InChI is InChI=1S/C14H34O4Si2/c1-10-15-20(9,16-11-2)12-19(17-13(3,4)5)18-14(6,7)8/h19H,10-12H2,1-9H3. The molecule has 0 aliphatic rings. The minimum Gasteiger partial charge on any atom is -0.395 e. The van der Waals surface area contributed by atoms with Crippen LogP contribution in [0.4, 0.5) is 0 Å². The van der Waals surface area contributed by atoms with Gasteiger partial charge in [-0.3, -0.25) is 0 Å². The van der Waals surface area contributed by atoms with Crippen molar-refractivity contribution < 1.29 is 17.7 Å². The molecule has 0 fully saturated rings. The zero-order valence-corrected chi connectivity index (χ0v) is 17.0. The Bertz CT molecular complexity index is 249. The van der Waals surface area contributed by atoms with Gasteiger partial charge in [-0.1, -0.05) is 0 Å². The summed E-state index contributed by atoms with van der Waals surface area (Å²) in [5.74, 6) is 0. The van der Waals surface area contributed by atoms with Crippen LogP contribution in [0.1, 0.15) is 55.4 Å². The summed E-state index contributed by atoms with van der Waals surface area (Å²) in [6.45, 7) is 19.9. The molecule has 0 aliphatic carbocycles. The van der Waals surface area contributed by atoms with Gasteiger partial charge in [0, 0.05) is 30.1 Å². The molecule has 0 radical (unpaired) electrons. The van der Waals surface area contributed by atoms with E-state index in [9.17, 15) is 0 Å². The van der Waals surface area contributed by atoms with Gasteiger partial charge in [-0.15, -0.1) is 0 Å². The highest BCUT2D eigenvalue weighted by atomic mass is 28.4. The predicted octanol–water partition coefficient (Wildman–Crippen LogP) is 3.52. The van der Waals surface area contributed by atoms with Gasteiger partial charge in [-0.25, -0.2) is 0 Å². The Morgan fingerprint density at radius 1 is 0.800 bits per heavy atom. The molecule has 0 amide bonds. The highest BCUT2D eigenvalue weighted by Crippen LogP contribution is 2.23. The molecule has 0 atom stereocenters. The van der Waals surface area contributed by atoms with Gasteiger partial charge in [-0.05, 0) is 61.9 Å². The quantitative estimate of drug-likeness (QED) is 0.641. The Labute approximate surface area is 128 Å². The minimum atomic E-state index is -2.20. The monoisotopic (exact) mass is 322 g/mol. The second-order valence-electron chi connectivity index (χ2n) is 7.09. The average Bonchev–Trinajstić information content (AvgIpc) is 2.11. The number of hydrogen-bond acceptors (Lipinski definition) is 4. The lowest BCUT2D eigenvalue weighted by Crippen LogP contribution is -2.49. The van der Waals surface area contributed by atoms with Crippen molar-refractivity contribution in [3.63, 3.8) is 0 Å². The summed E-state index contributed by atoms with van der Waals surface area (Å²) in [6.07, 6.45) is 0. The molecule has 0 bridgehead atoms. The van der Waals surface area contributed by atoms with Crippen molar-refractivity contribution in [2.45, 2.75) is 78.8 Å². The maximum atomic E-state index is 6.19. The van der Waals surface area contributed by atoms with E-state index in [0.29, 0.717) is 13.2 Å². The van der Waals surface area contributed by atoms with Gasteiger partial charge in [-0.2, -0.15) is 0 Å². The van der Waals surface area contributed by atoms with Crippen molar-refractivity contribution in [1.82, 2.24) is 0 Å². The van der Waals surface area contributed by atoms with Crippen molar-refractivity contribution in [2.24, 2.45) is 0 Å². The van der Waals surface area contributed by atoms with Gasteiger partial charge in [0.05, 0.1) is 0 Å². The van der Waals surface area contributed by atoms with Crippen molar-refractivity contribution in [3.8, 4) is 0 Å². The minimum absolute atomic E-state index is 0.199. The molecule has 0 unspecified atom stereocenters. The Balaban J connectivity index is 4.91. The Morgan fingerprint density at radius 3 is 1.40 bits per heavy atom. The van der Waals surface area contributed by atoms with Crippen molar-refractivity contribution in [2.75, 3.05) is 13.2 Å². The fourth-order valence-corrected chi connectivity index (χ4v) is 8.93. The molecule has 0 aromatic carbocycles. The summed E-state index contributed by atoms with van der Waals surface area (Å²) in [5, 5.41) is 0. The second kappa shape index (κ2) is 8.05. The summed E-state index contributed by atoms with van der Waals surface area (Å²) >= 11 is 0. The Kier molecular flexibility index (Phi) is 8.16. The normalized spacial score (nSPS) is 14.1. The smallest absolute Gasteiger partial charge is 0.336 e. The van der Waals surface area contributed by atoms with Gasteiger partial charge in [0.25, 0.3) is 0 Å². The first kappa shape index (κ1) is 20.3. The predicted molar refractivity (Wildman–Crippen MR) is 88.5 cm³/mol. The van der Waals surface area contributed by atoms with Crippen LogP contribution in [0.2, 0.25) is 12.2 Å². The number of rotatable bonds is 8. The number of hydrogen-bond donors (Lipinski definition) is 0. The molecule has 0 heterocycles. The van der Waals surface area contributed by atoms with Crippen LogP contribution in [0.25, 0.3) is 0 Å². The molecule has 0 aromatic rings. The van der Waals surface area contributed by atoms with Gasteiger partial charge >= 0.3 is 17.8 Å². The average molecular weight is 323 g/mol. The Morgan fingerprint density at radius 2 is 1.15 bits per heavy atom. The third kappa shape index (κ3) is 10.1. The van der Waals surface area contributed by atoms with E-state index >= 15 is 0 Å². The van der Waals surface area contributed by atoms with Crippen molar-refractivity contribution in [3.05, 3.63) is 0 Å². The fourth-order valence-electron chi connectivity index (χ4n) is 1.97. The molecule has 4 nitrogen and oxygen atoms in total. The van der Waals surface area contributed by atoms with Crippen LogP contribution >= 0.6 is 0 Å². The molecule has 6 heteroatoms. The van der Waals surface area contributed by atoms with Gasteiger partial charge in [0.1, 0.15) is 0 Å². The highest BCUT2D eigenvalue weighted by molar-refractivity contribution is 6.77. The zero-order chi connectivity index (χ0) is 16.0. The molecule has 0 spiro atoms. The molecule has 0 aromatic heterocycles. The van der Waals surface area contributed by atoms with Crippen molar-refractivity contribution in [1.29, 1.82) is 0 Å². The van der Waals surface area contributed by atoms with Crippen LogP contribution < -0.4 is 0 Å². The molecular weight excluding hydrogens is 288 g/mol. The van der Waals surface area contributed by atoms with E-state index in [2.05, 4.69) is 48.1 Å². The van der Waals surface area contributed by atoms with Gasteiger partial charge < -0.3 is 17.7 Å². The molecule has 0 saturated heterocycles. The molecule has 0 N–H and O–H groups in total. The summed E-state index contributed by atoms with van der Waals surface area (Å²) in [6, 6.07) is 0. The van der Waals surface area contributed by atoms with Gasteiger partial charge in [0.15, 0.2) is 0 Å². The van der Waals surface area contributed by atoms with E-state index in [1.165, 1.54) is 0 Å². The first-order valence-electron chi connectivity index (χ1n) is 7.54. The SMILES string of the molecule is CCO[Si](C)(C[SiH](OC(C)(C)C)OC(C)(C)C)OCC.